The van der Waals surface area contributed by atoms with Crippen molar-refractivity contribution in [3.8, 4) is 0 Å². The molecule has 0 unspecified atom stereocenters. The van der Waals surface area contributed by atoms with E-state index >= 15 is 0 Å². The molecule has 0 spiro atoms. The van der Waals surface area contributed by atoms with Gasteiger partial charge >= 0.3 is 0 Å². The van der Waals surface area contributed by atoms with Gasteiger partial charge in [0, 0.05) is 0 Å². The Bertz CT molecular complexity index is 371. The summed E-state index contributed by atoms with van der Waals surface area (Å²) in [5, 5.41) is 15.5. The van der Waals surface area contributed by atoms with Crippen LogP contribution < -0.4 is 0 Å². The average molecular weight is 216 g/mol. The summed E-state index contributed by atoms with van der Waals surface area (Å²) in [7, 11) is 0. The van der Waals surface area contributed by atoms with Gasteiger partial charge in [-0.2, -0.15) is 0 Å². The molecule has 84 valence electrons. The molecule has 1 aromatic carbocycles. The zero-order valence-corrected chi connectivity index (χ0v) is 9.50. The summed E-state index contributed by atoms with van der Waals surface area (Å²) < 4.78 is 0. The lowest BCUT2D eigenvalue weighted by atomic mass is 9.99. The van der Waals surface area contributed by atoms with E-state index in [9.17, 15) is 0 Å². The molecule has 1 aliphatic rings. The average Bonchev–Trinajstić information content (AvgIpc) is 2.80. The Labute approximate surface area is 95.5 Å². The van der Waals surface area contributed by atoms with Crippen LogP contribution in [0.5, 0.6) is 0 Å². The summed E-state index contributed by atoms with van der Waals surface area (Å²) >= 11 is 0. The molecule has 0 saturated carbocycles. The molecular formula is C12H16N4. The maximum atomic E-state index is 4.11. The zero-order valence-electron chi connectivity index (χ0n) is 9.50. The van der Waals surface area contributed by atoms with Crippen LogP contribution in [0.2, 0.25) is 0 Å². The van der Waals surface area contributed by atoms with Gasteiger partial charge in [0.25, 0.3) is 0 Å². The highest BCUT2D eigenvalue weighted by molar-refractivity contribution is 5.14. The summed E-state index contributed by atoms with van der Waals surface area (Å²) in [6.07, 6.45) is 3.92. The molecule has 2 rings (SSSR count). The summed E-state index contributed by atoms with van der Waals surface area (Å²) in [4.78, 5) is 0. The fourth-order valence-electron chi connectivity index (χ4n) is 1.86. The fourth-order valence-corrected chi connectivity index (χ4v) is 1.86. The Kier molecular flexibility index (Phi) is 3.39. The standard InChI is InChI=1S/C12H16N4/c1-2-12(13-15-16-14-12)10-6-9-11-7-4-3-5-8-11/h3-5,7-8H,2,6,9-10H2,1H3. The van der Waals surface area contributed by atoms with Crippen molar-refractivity contribution < 1.29 is 0 Å². The number of hydrogen-bond acceptors (Lipinski definition) is 4. The minimum Gasteiger partial charge on any atom is -0.135 e. The second-order valence-corrected chi connectivity index (χ2v) is 4.05. The van der Waals surface area contributed by atoms with Crippen LogP contribution in [0, 0.1) is 0 Å². The van der Waals surface area contributed by atoms with Gasteiger partial charge in [-0.25, -0.2) is 0 Å². The van der Waals surface area contributed by atoms with E-state index in [1.54, 1.807) is 0 Å². The van der Waals surface area contributed by atoms with E-state index < -0.39 is 0 Å². The maximum absolute atomic E-state index is 4.11. The third-order valence-corrected chi connectivity index (χ3v) is 2.95. The van der Waals surface area contributed by atoms with Crippen LogP contribution in [0.3, 0.4) is 0 Å². The van der Waals surface area contributed by atoms with Gasteiger partial charge in [0.2, 0.25) is 0 Å². The molecule has 0 bridgehead atoms. The molecule has 1 aromatic rings. The van der Waals surface area contributed by atoms with Gasteiger partial charge in [-0.3, -0.25) is 0 Å². The second kappa shape index (κ2) is 4.96. The Hall–Kier alpha value is -1.58. The molecule has 0 aliphatic carbocycles. The molecular weight excluding hydrogens is 200 g/mol. The first-order valence-corrected chi connectivity index (χ1v) is 5.73. The largest absolute Gasteiger partial charge is 0.195 e. The van der Waals surface area contributed by atoms with Crippen LogP contribution in [-0.4, -0.2) is 5.66 Å². The van der Waals surface area contributed by atoms with Crippen molar-refractivity contribution in [2.45, 2.75) is 38.3 Å². The molecule has 4 heteroatoms. The monoisotopic (exact) mass is 216 g/mol. The minimum atomic E-state index is -0.366. The maximum Gasteiger partial charge on any atom is 0.195 e. The summed E-state index contributed by atoms with van der Waals surface area (Å²) in [6.45, 7) is 2.08. The van der Waals surface area contributed by atoms with E-state index in [2.05, 4.69) is 51.9 Å². The van der Waals surface area contributed by atoms with E-state index in [-0.39, 0.29) is 5.66 Å². The van der Waals surface area contributed by atoms with Crippen LogP contribution >= 0.6 is 0 Å². The number of benzene rings is 1. The number of rotatable bonds is 5. The van der Waals surface area contributed by atoms with Gasteiger partial charge in [-0.15, -0.1) is 10.2 Å². The third-order valence-electron chi connectivity index (χ3n) is 2.95. The first-order valence-electron chi connectivity index (χ1n) is 5.73. The Morgan fingerprint density at radius 3 is 2.38 bits per heavy atom. The minimum absolute atomic E-state index is 0.366. The Balaban J connectivity index is 1.84. The molecule has 0 saturated heterocycles. The molecule has 0 amide bonds. The lowest BCUT2D eigenvalue weighted by Gasteiger charge is -2.16. The van der Waals surface area contributed by atoms with Crippen molar-refractivity contribution in [2.24, 2.45) is 20.7 Å². The third kappa shape index (κ3) is 2.51. The van der Waals surface area contributed by atoms with Crippen molar-refractivity contribution >= 4 is 0 Å². The predicted octanol–water partition coefficient (Wildman–Crippen LogP) is 3.95. The van der Waals surface area contributed by atoms with Crippen molar-refractivity contribution in [2.75, 3.05) is 0 Å². The quantitative estimate of drug-likeness (QED) is 0.715. The molecule has 1 heterocycles. The van der Waals surface area contributed by atoms with Crippen molar-refractivity contribution in [1.82, 2.24) is 0 Å². The van der Waals surface area contributed by atoms with Crippen molar-refractivity contribution in [3.63, 3.8) is 0 Å². The SMILES string of the molecule is CCC1(CCCc2ccccc2)N=NN=N1. The van der Waals surface area contributed by atoms with Gasteiger partial charge in [0.05, 0.1) is 0 Å². The van der Waals surface area contributed by atoms with Gasteiger partial charge in [0.15, 0.2) is 5.66 Å². The fraction of sp³-hybridized carbons (Fsp3) is 0.500. The highest BCUT2D eigenvalue weighted by Gasteiger charge is 2.29. The highest BCUT2D eigenvalue weighted by atomic mass is 15.6. The lowest BCUT2D eigenvalue weighted by Crippen LogP contribution is -2.19. The summed E-state index contributed by atoms with van der Waals surface area (Å²) in [5.74, 6) is 0. The van der Waals surface area contributed by atoms with E-state index in [0.29, 0.717) is 0 Å². The van der Waals surface area contributed by atoms with Gasteiger partial charge < -0.3 is 0 Å². The number of nitrogens with zero attached hydrogens (tertiary/aromatic N) is 4. The summed E-state index contributed by atoms with van der Waals surface area (Å²) in [5.41, 5.74) is 0.995. The first kappa shape index (κ1) is 10.9. The molecule has 1 aliphatic heterocycles. The molecule has 0 radical (unpaired) electrons. The van der Waals surface area contributed by atoms with E-state index in [1.807, 2.05) is 6.07 Å². The molecule has 0 fully saturated rings. The molecule has 4 nitrogen and oxygen atoms in total. The van der Waals surface area contributed by atoms with Crippen LogP contribution in [-0.2, 0) is 6.42 Å². The van der Waals surface area contributed by atoms with E-state index in [4.69, 9.17) is 0 Å². The Morgan fingerprint density at radius 2 is 1.75 bits per heavy atom. The van der Waals surface area contributed by atoms with Crippen LogP contribution in [0.1, 0.15) is 31.7 Å². The molecule has 0 atom stereocenters. The number of aryl methyl sites for hydroxylation is 1. The summed E-state index contributed by atoms with van der Waals surface area (Å²) in [6, 6.07) is 10.5. The predicted molar refractivity (Wildman–Crippen MR) is 62.1 cm³/mol. The van der Waals surface area contributed by atoms with Gasteiger partial charge in [-0.05, 0) is 41.7 Å². The second-order valence-electron chi connectivity index (χ2n) is 4.05. The number of hydrogen-bond donors (Lipinski definition) is 0. The van der Waals surface area contributed by atoms with Crippen LogP contribution in [0.15, 0.2) is 51.0 Å². The zero-order chi connectivity index (χ0) is 11.3. The first-order chi connectivity index (χ1) is 7.85. The normalized spacial score (nSPS) is 16.8. The van der Waals surface area contributed by atoms with Crippen molar-refractivity contribution in [3.05, 3.63) is 35.9 Å². The van der Waals surface area contributed by atoms with Crippen LogP contribution in [0.25, 0.3) is 0 Å². The van der Waals surface area contributed by atoms with Gasteiger partial charge in [0.1, 0.15) is 0 Å². The van der Waals surface area contributed by atoms with Crippen molar-refractivity contribution in [1.29, 1.82) is 0 Å². The Morgan fingerprint density at radius 1 is 1.06 bits per heavy atom. The van der Waals surface area contributed by atoms with E-state index in [1.165, 1.54) is 5.56 Å². The molecule has 0 aromatic heterocycles. The smallest absolute Gasteiger partial charge is 0.135 e. The molecule has 16 heavy (non-hydrogen) atoms. The van der Waals surface area contributed by atoms with E-state index in [0.717, 1.165) is 25.7 Å². The van der Waals surface area contributed by atoms with Gasteiger partial charge in [-0.1, -0.05) is 37.3 Å². The highest BCUT2D eigenvalue weighted by Crippen LogP contribution is 2.29. The lowest BCUT2D eigenvalue weighted by molar-refractivity contribution is 0.384. The topological polar surface area (TPSA) is 49.4 Å². The van der Waals surface area contributed by atoms with Crippen LogP contribution in [0.4, 0.5) is 0 Å². The molecule has 0 N–H and O–H groups in total.